The molecule has 19 heteroatoms. The van der Waals surface area contributed by atoms with E-state index in [2.05, 4.69) is 4.98 Å². The van der Waals surface area contributed by atoms with Crippen molar-refractivity contribution in [2.24, 2.45) is 10.8 Å². The fourth-order valence-electron chi connectivity index (χ4n) is 11.8. The molecule has 0 amide bonds. The zero-order valence-electron chi connectivity index (χ0n) is 49.5. The number of aromatic amines is 1. The molecular weight excluding hydrogens is 1170 g/mol. The van der Waals surface area contributed by atoms with Crippen molar-refractivity contribution >= 4 is 41.6 Å². The molecule has 3 aliphatic rings. The summed E-state index contributed by atoms with van der Waals surface area (Å²) in [5.41, 5.74) is -4.07. The summed E-state index contributed by atoms with van der Waals surface area (Å²) in [4.78, 5) is 56.5. The molecular formula is C68H74FN2O13PS2. The van der Waals surface area contributed by atoms with E-state index < -0.39 is 83.7 Å². The predicted molar refractivity (Wildman–Crippen MR) is 334 cm³/mol. The van der Waals surface area contributed by atoms with Crippen molar-refractivity contribution in [3.05, 3.63) is 248 Å². The quantitative estimate of drug-likeness (QED) is 0.0292. The van der Waals surface area contributed by atoms with Crippen LogP contribution >= 0.6 is 31.3 Å². The summed E-state index contributed by atoms with van der Waals surface area (Å²) in [6, 6.07) is 60.3. The third-order valence-corrected chi connectivity index (χ3v) is 20.2. The van der Waals surface area contributed by atoms with Crippen molar-refractivity contribution in [1.29, 1.82) is 0 Å². The molecule has 458 valence electrons. The van der Waals surface area contributed by atoms with Gasteiger partial charge in [0.15, 0.2) is 27.8 Å². The zero-order chi connectivity index (χ0) is 61.4. The standard InChI is InChI=1S/C68H74FN2O13PS2/c1-62(2,47-77-67(50-26-12-6-13-27-50,51-28-14-7-15-29-51)52-30-16-8-17-31-52)59(73)86-44-42-79-85(76,81-49-65(46-69)57-64(5,84-66(82-57)39-24-25-40-66)58(83-65)71-41-38-56(72)70-61(71)75)80-43-45-87-60(74)63(3,4)48-78-68(53-32-18-9-19-33-53,54-34-20-10-21-35-54)55-36-22-11-23-37-55/h6-23,26-38,41,57-58H,24-25,39-40,42-49H2,1-5H3,(H,70,72,75)/t57-,58+,64+,65+/m0/s1. The number of hydrogen-bond donors (Lipinski definition) is 1. The molecule has 6 aromatic carbocycles. The number of phosphoric acid groups is 1. The summed E-state index contributed by atoms with van der Waals surface area (Å²) in [5.74, 6) is -1.16. The van der Waals surface area contributed by atoms with E-state index in [0.29, 0.717) is 12.8 Å². The van der Waals surface area contributed by atoms with Gasteiger partial charge in [0.05, 0.1) is 43.9 Å². The van der Waals surface area contributed by atoms with Gasteiger partial charge in [0, 0.05) is 36.6 Å². The molecule has 4 atom stereocenters. The minimum Gasteiger partial charge on any atom is -0.360 e. The minimum absolute atomic E-state index is 0.00100. The average Bonchev–Trinajstić information content (AvgIpc) is 1.61. The molecule has 0 bridgehead atoms. The Hall–Kier alpha value is -6.12. The van der Waals surface area contributed by atoms with Gasteiger partial charge in [-0.1, -0.05) is 206 Å². The van der Waals surface area contributed by atoms with Crippen molar-refractivity contribution < 1.29 is 55.8 Å². The second-order valence-corrected chi connectivity index (χ2v) is 27.5. The maximum atomic E-state index is 16.2. The molecule has 1 spiro atoms. The maximum absolute atomic E-state index is 16.2. The number of benzene rings is 6. The first-order valence-electron chi connectivity index (χ1n) is 29.3. The van der Waals surface area contributed by atoms with Crippen LogP contribution in [0.4, 0.5) is 4.39 Å². The maximum Gasteiger partial charge on any atom is 0.474 e. The zero-order valence-corrected chi connectivity index (χ0v) is 52.0. The fraction of sp³-hybridized carbons (Fsp3) is 0.382. The third kappa shape index (κ3) is 13.4. The van der Waals surface area contributed by atoms with E-state index in [1.165, 1.54) is 6.20 Å². The lowest BCUT2D eigenvalue weighted by Gasteiger charge is -2.38. The summed E-state index contributed by atoms with van der Waals surface area (Å²) in [7, 11) is -4.76. The highest BCUT2D eigenvalue weighted by molar-refractivity contribution is 8.14. The van der Waals surface area contributed by atoms with Crippen LogP contribution in [0.1, 0.15) is 99.9 Å². The molecule has 1 N–H and O–H groups in total. The highest BCUT2D eigenvalue weighted by Gasteiger charge is 2.73. The first-order valence-corrected chi connectivity index (χ1v) is 32.7. The Bertz CT molecular complexity index is 3240. The Kier molecular flexibility index (Phi) is 19.8. The van der Waals surface area contributed by atoms with Crippen LogP contribution in [0, 0.1) is 10.8 Å². The van der Waals surface area contributed by atoms with Crippen LogP contribution in [0.3, 0.4) is 0 Å². The molecule has 10 rings (SSSR count). The van der Waals surface area contributed by atoms with E-state index in [4.69, 9.17) is 37.3 Å². The Morgan fingerprint density at radius 3 is 1.33 bits per heavy atom. The number of halogens is 1. The number of nitrogens with zero attached hydrogens (tertiary/aromatic N) is 1. The second-order valence-electron chi connectivity index (χ2n) is 23.7. The molecule has 87 heavy (non-hydrogen) atoms. The molecule has 1 aromatic heterocycles. The number of rotatable bonds is 27. The number of aromatic nitrogens is 2. The topological polar surface area (TPSA) is 180 Å². The fourth-order valence-corrected chi connectivity index (χ4v) is 14.9. The van der Waals surface area contributed by atoms with Gasteiger partial charge < -0.3 is 23.7 Å². The Morgan fingerprint density at radius 1 is 0.598 bits per heavy atom. The van der Waals surface area contributed by atoms with Gasteiger partial charge in [-0.25, -0.2) is 13.8 Å². The summed E-state index contributed by atoms with van der Waals surface area (Å²) in [6.07, 6.45) is 1.18. The number of fused-ring (bicyclic) bond motifs is 1. The summed E-state index contributed by atoms with van der Waals surface area (Å²) < 4.78 is 84.5. The largest absolute Gasteiger partial charge is 0.474 e. The summed E-state index contributed by atoms with van der Waals surface area (Å²) >= 11 is 1.91. The molecule has 1 saturated carbocycles. The van der Waals surface area contributed by atoms with Crippen molar-refractivity contribution in [3.8, 4) is 0 Å². The number of carbonyl (C=O) groups excluding carboxylic acids is 2. The molecule has 2 saturated heterocycles. The number of carbonyl (C=O) groups is 2. The highest BCUT2D eigenvalue weighted by atomic mass is 32.2. The van der Waals surface area contributed by atoms with Crippen molar-refractivity contribution in [3.63, 3.8) is 0 Å². The molecule has 0 radical (unpaired) electrons. The SMILES string of the molecule is CC(C)(COC(c1ccccc1)(c1ccccc1)c1ccccc1)C(=O)SCCOP(=O)(OCCSC(=O)C(C)(C)COC(c1ccccc1)(c1ccccc1)c1ccccc1)OC[C@@]1(CF)O[C@@H](n2ccc(=O)[nH]c2=O)[C@]2(C)OC3(CCCC3)O[C@H]12. The number of hydrogen-bond acceptors (Lipinski definition) is 15. The number of nitrogens with one attached hydrogen (secondary N) is 1. The van der Waals surface area contributed by atoms with Crippen LogP contribution in [0.2, 0.25) is 0 Å². The molecule has 2 aliphatic heterocycles. The van der Waals surface area contributed by atoms with E-state index >= 15 is 8.96 Å². The molecule has 7 aromatic rings. The van der Waals surface area contributed by atoms with Crippen LogP contribution < -0.4 is 11.2 Å². The molecule has 15 nitrogen and oxygen atoms in total. The first-order chi connectivity index (χ1) is 41.8. The van der Waals surface area contributed by atoms with E-state index in [-0.39, 0.29) is 48.2 Å². The molecule has 3 fully saturated rings. The molecule has 1 aliphatic carbocycles. The van der Waals surface area contributed by atoms with Crippen LogP contribution in [-0.4, -0.2) is 94.1 Å². The van der Waals surface area contributed by atoms with Gasteiger partial charge in [-0.05, 0) is 80.8 Å². The van der Waals surface area contributed by atoms with Crippen molar-refractivity contribution in [2.45, 2.75) is 101 Å². The van der Waals surface area contributed by atoms with Gasteiger partial charge in [-0.2, -0.15) is 0 Å². The number of alkyl halides is 1. The Labute approximate surface area is 515 Å². The predicted octanol–water partition coefficient (Wildman–Crippen LogP) is 13.0. The van der Waals surface area contributed by atoms with E-state index in [9.17, 15) is 19.2 Å². The van der Waals surface area contributed by atoms with Gasteiger partial charge in [-0.3, -0.25) is 37.5 Å². The van der Waals surface area contributed by atoms with Crippen molar-refractivity contribution in [2.75, 3.05) is 51.2 Å². The van der Waals surface area contributed by atoms with E-state index in [1.807, 2.05) is 182 Å². The van der Waals surface area contributed by atoms with Crippen LogP contribution in [0.5, 0.6) is 0 Å². The summed E-state index contributed by atoms with van der Waals surface area (Å²) in [6.45, 7) is 6.14. The van der Waals surface area contributed by atoms with Gasteiger partial charge in [0.25, 0.3) is 5.56 Å². The van der Waals surface area contributed by atoms with E-state index in [1.54, 1.807) is 34.6 Å². The normalized spacial score (nSPS) is 20.4. The lowest BCUT2D eigenvalue weighted by Crippen LogP contribution is -2.51. The van der Waals surface area contributed by atoms with Crippen LogP contribution in [-0.2, 0) is 62.6 Å². The lowest BCUT2D eigenvalue weighted by atomic mass is 9.79. The summed E-state index contributed by atoms with van der Waals surface area (Å²) in [5, 5.41) is -0.475. The molecule has 0 unspecified atom stereocenters. The number of ether oxygens (including phenoxy) is 5. The lowest BCUT2D eigenvalue weighted by molar-refractivity contribution is -0.252. The first kappa shape index (κ1) is 63.9. The Morgan fingerprint density at radius 2 is 0.977 bits per heavy atom. The van der Waals surface area contributed by atoms with Gasteiger partial charge in [-0.15, -0.1) is 0 Å². The second kappa shape index (κ2) is 26.9. The Balaban J connectivity index is 0.858. The number of thioether (sulfide) groups is 2. The molecule has 3 heterocycles. The average molecular weight is 1240 g/mol. The van der Waals surface area contributed by atoms with E-state index in [0.717, 1.165) is 80.4 Å². The van der Waals surface area contributed by atoms with Crippen molar-refractivity contribution in [1.82, 2.24) is 9.55 Å². The van der Waals surface area contributed by atoms with Gasteiger partial charge >= 0.3 is 13.5 Å². The van der Waals surface area contributed by atoms with Gasteiger partial charge in [0.2, 0.25) is 0 Å². The highest BCUT2D eigenvalue weighted by Crippen LogP contribution is 2.60. The van der Waals surface area contributed by atoms with Crippen LogP contribution in [0.25, 0.3) is 0 Å². The number of H-pyrrole nitrogens is 1. The van der Waals surface area contributed by atoms with Gasteiger partial charge in [0.1, 0.15) is 29.6 Å². The van der Waals surface area contributed by atoms with Crippen LogP contribution in [0.15, 0.2) is 204 Å². The smallest absolute Gasteiger partial charge is 0.360 e. The monoisotopic (exact) mass is 1240 g/mol. The third-order valence-electron chi connectivity index (χ3n) is 16.4. The minimum atomic E-state index is -4.76. The number of phosphoric ester groups is 1.